The summed E-state index contributed by atoms with van der Waals surface area (Å²) in [7, 11) is 3.79. The highest BCUT2D eigenvalue weighted by molar-refractivity contribution is 5.52. The molecule has 0 radical (unpaired) electrons. The summed E-state index contributed by atoms with van der Waals surface area (Å²) < 4.78 is 18.9. The molecule has 0 spiro atoms. The van der Waals surface area contributed by atoms with E-state index in [9.17, 15) is 4.79 Å². The van der Waals surface area contributed by atoms with E-state index in [0.717, 1.165) is 37.6 Å². The molecule has 4 fully saturated rings. The van der Waals surface area contributed by atoms with Crippen molar-refractivity contribution in [3.05, 3.63) is 11.6 Å². The number of methoxy groups -OCH3 is 2. The van der Waals surface area contributed by atoms with Gasteiger partial charge in [-0.05, 0) is 123 Å². The SMILES string of the molecule is C.C.CC.CC.CC.CC.CCC(C)C=O.COC1CC2(C)C3CC=C4C5CC(C)(C)CCC5(C)CCC4C3(C)CCC2C(C)(COC(C)C)C1OC. The van der Waals surface area contributed by atoms with E-state index in [0.29, 0.717) is 28.1 Å². The lowest BCUT2D eigenvalue weighted by Gasteiger charge is -2.69. The van der Waals surface area contributed by atoms with Gasteiger partial charge in [0, 0.05) is 25.6 Å². The van der Waals surface area contributed by atoms with E-state index < -0.39 is 0 Å². The second-order valence-corrected chi connectivity index (χ2v) is 17.8. The Morgan fingerprint density at radius 1 is 0.736 bits per heavy atom. The molecule has 0 aromatic carbocycles. The van der Waals surface area contributed by atoms with Crippen LogP contribution in [-0.4, -0.2) is 45.4 Å². The van der Waals surface area contributed by atoms with Crippen molar-refractivity contribution < 1.29 is 19.0 Å². The Bertz CT molecular complexity index is 1000. The maximum atomic E-state index is 9.74. The van der Waals surface area contributed by atoms with Crippen LogP contribution in [0, 0.1) is 56.7 Å². The molecule has 4 saturated carbocycles. The molecule has 0 heterocycles. The summed E-state index contributed by atoms with van der Waals surface area (Å²) in [4.78, 5) is 9.74. The van der Waals surface area contributed by atoms with Gasteiger partial charge in [-0.3, -0.25) is 0 Å². The number of aldehydes is 1. The van der Waals surface area contributed by atoms with Crippen LogP contribution in [0.2, 0.25) is 0 Å². The van der Waals surface area contributed by atoms with Crippen LogP contribution in [-0.2, 0) is 19.0 Å². The number of carbonyl (C=O) groups is 1. The lowest BCUT2D eigenvalue weighted by Crippen LogP contribution is -2.67. The van der Waals surface area contributed by atoms with Crippen LogP contribution in [0.25, 0.3) is 0 Å². The van der Waals surface area contributed by atoms with Gasteiger partial charge in [-0.15, -0.1) is 0 Å². The van der Waals surface area contributed by atoms with Crippen LogP contribution in [0.15, 0.2) is 11.6 Å². The summed E-state index contributed by atoms with van der Waals surface area (Å²) in [6, 6.07) is 0. The number of hydrogen-bond acceptors (Lipinski definition) is 4. The molecule has 0 aromatic heterocycles. The quantitative estimate of drug-likeness (QED) is 0.192. The third-order valence-corrected chi connectivity index (χ3v) is 14.1. The van der Waals surface area contributed by atoms with Crippen molar-refractivity contribution >= 4 is 6.29 Å². The van der Waals surface area contributed by atoms with Crippen LogP contribution in [0.1, 0.15) is 204 Å². The Kier molecular flexibility index (Phi) is 26.5. The summed E-state index contributed by atoms with van der Waals surface area (Å²) in [5, 5.41) is 0. The molecule has 5 aliphatic carbocycles. The van der Waals surface area contributed by atoms with E-state index in [-0.39, 0.29) is 49.9 Å². The third-order valence-electron chi connectivity index (χ3n) is 14.1. The van der Waals surface area contributed by atoms with Crippen molar-refractivity contribution in [2.75, 3.05) is 20.8 Å². The Hall–Kier alpha value is -0.710. The van der Waals surface area contributed by atoms with Crippen molar-refractivity contribution in [2.24, 2.45) is 56.7 Å². The first-order chi connectivity index (χ1) is 24.0. The van der Waals surface area contributed by atoms with Gasteiger partial charge in [0.05, 0.1) is 24.9 Å². The molecular formula is C49H100O4. The summed E-state index contributed by atoms with van der Waals surface area (Å²) in [5.41, 5.74) is 3.45. The molecule has 5 rings (SSSR count). The normalized spacial score (nSPS) is 37.6. The van der Waals surface area contributed by atoms with Crippen LogP contribution < -0.4 is 0 Å². The van der Waals surface area contributed by atoms with Gasteiger partial charge in [-0.2, -0.15) is 0 Å². The molecule has 53 heavy (non-hydrogen) atoms. The zero-order chi connectivity index (χ0) is 40.0. The van der Waals surface area contributed by atoms with Crippen LogP contribution in [0.3, 0.4) is 0 Å². The van der Waals surface area contributed by atoms with Gasteiger partial charge >= 0.3 is 0 Å². The van der Waals surface area contributed by atoms with Gasteiger partial charge in [-0.1, -0.05) is 137 Å². The minimum Gasteiger partial charge on any atom is -0.379 e. The Labute approximate surface area is 335 Å². The summed E-state index contributed by atoms with van der Waals surface area (Å²) in [5.74, 6) is 3.09. The first-order valence-corrected chi connectivity index (χ1v) is 21.9. The zero-order valence-corrected chi connectivity index (χ0v) is 38.2. The fourth-order valence-corrected chi connectivity index (χ4v) is 11.3. The monoisotopic (exact) mass is 753 g/mol. The van der Waals surface area contributed by atoms with Gasteiger partial charge in [0.2, 0.25) is 0 Å². The van der Waals surface area contributed by atoms with Crippen molar-refractivity contribution in [3.63, 3.8) is 0 Å². The van der Waals surface area contributed by atoms with Crippen molar-refractivity contribution in [1.29, 1.82) is 0 Å². The summed E-state index contributed by atoms with van der Waals surface area (Å²) >= 11 is 0. The minimum absolute atomic E-state index is 0. The van der Waals surface area contributed by atoms with E-state index >= 15 is 0 Å². The lowest BCUT2D eigenvalue weighted by atomic mass is 9.36. The number of allylic oxidation sites excluding steroid dienone is 2. The molecule has 0 amide bonds. The topological polar surface area (TPSA) is 44.8 Å². The second kappa shape index (κ2) is 24.8. The van der Waals surface area contributed by atoms with Crippen molar-refractivity contribution in [2.45, 2.75) is 222 Å². The van der Waals surface area contributed by atoms with E-state index in [1.807, 2.05) is 89.0 Å². The van der Waals surface area contributed by atoms with Crippen LogP contribution in [0.4, 0.5) is 0 Å². The fraction of sp³-hybridized carbons (Fsp3) is 0.939. The number of fused-ring (bicyclic) bond motifs is 7. The van der Waals surface area contributed by atoms with Gasteiger partial charge in [-0.25, -0.2) is 0 Å². The molecular weight excluding hydrogens is 653 g/mol. The second-order valence-electron chi connectivity index (χ2n) is 17.8. The number of hydrogen-bond donors (Lipinski definition) is 0. The minimum atomic E-state index is -0.0451. The van der Waals surface area contributed by atoms with Crippen molar-refractivity contribution in [3.8, 4) is 0 Å². The molecule has 0 aliphatic heterocycles. The van der Waals surface area contributed by atoms with Gasteiger partial charge in [0.15, 0.2) is 0 Å². The predicted molar refractivity (Wildman–Crippen MR) is 237 cm³/mol. The zero-order valence-electron chi connectivity index (χ0n) is 38.2. The third kappa shape index (κ3) is 12.1. The summed E-state index contributed by atoms with van der Waals surface area (Å²) in [6.45, 7) is 40.5. The molecule has 11 unspecified atom stereocenters. The maximum absolute atomic E-state index is 9.74. The highest BCUT2D eigenvalue weighted by atomic mass is 16.5. The Balaban J connectivity index is -0.00000137. The fourth-order valence-electron chi connectivity index (χ4n) is 11.3. The number of rotatable bonds is 7. The highest BCUT2D eigenvalue weighted by Gasteiger charge is 2.67. The first-order valence-electron chi connectivity index (χ1n) is 21.9. The average molecular weight is 753 g/mol. The first kappa shape index (κ1) is 56.6. The average Bonchev–Trinajstić information content (AvgIpc) is 3.13. The van der Waals surface area contributed by atoms with Gasteiger partial charge in [0.25, 0.3) is 0 Å². The standard InChI is InChI=1S/C34H58O3.C5H10O.4C2H6.2CH4/c1-22(2)37-21-34(8)28-14-16-32(6)24-13-15-31(5)18-17-30(3,4)19-25(31)23(24)11-12-27(32)33(28,7)20-26(35-9)29(34)36-10;1-3-5(2)4-6;4*1-2;;/h11,22,24-29H,12-21H2,1-10H3;4-5H,3H2,1-2H3;4*1-2H3;2*1H4. The van der Waals surface area contributed by atoms with Crippen LogP contribution >= 0.6 is 0 Å². The smallest absolute Gasteiger partial charge is 0.122 e. The van der Waals surface area contributed by atoms with E-state index in [4.69, 9.17) is 14.2 Å². The molecule has 0 saturated heterocycles. The molecule has 0 aromatic rings. The molecule has 4 heteroatoms. The summed E-state index contributed by atoms with van der Waals surface area (Å²) in [6.07, 6.45) is 17.2. The largest absolute Gasteiger partial charge is 0.379 e. The van der Waals surface area contributed by atoms with E-state index in [1.54, 1.807) is 0 Å². The molecule has 4 nitrogen and oxygen atoms in total. The molecule has 320 valence electrons. The number of ether oxygens (including phenoxy) is 3. The predicted octanol–water partition coefficient (Wildman–Crippen LogP) is 15.1. The highest BCUT2D eigenvalue weighted by Crippen LogP contribution is 2.72. The lowest BCUT2D eigenvalue weighted by molar-refractivity contribution is -0.250. The van der Waals surface area contributed by atoms with E-state index in [2.05, 4.69) is 61.5 Å². The Morgan fingerprint density at radius 3 is 1.75 bits per heavy atom. The van der Waals surface area contributed by atoms with Gasteiger partial charge < -0.3 is 19.0 Å². The van der Waals surface area contributed by atoms with E-state index in [1.165, 1.54) is 51.4 Å². The molecule has 0 bridgehead atoms. The van der Waals surface area contributed by atoms with Crippen molar-refractivity contribution in [1.82, 2.24) is 0 Å². The maximum Gasteiger partial charge on any atom is 0.122 e. The Morgan fingerprint density at radius 2 is 1.30 bits per heavy atom. The van der Waals surface area contributed by atoms with Gasteiger partial charge in [0.1, 0.15) is 6.29 Å². The molecule has 11 atom stereocenters. The molecule has 0 N–H and O–H groups in total. The number of carbonyl (C=O) groups excluding carboxylic acids is 1. The molecule has 5 aliphatic rings. The van der Waals surface area contributed by atoms with Crippen LogP contribution in [0.5, 0.6) is 0 Å².